The second kappa shape index (κ2) is 1.70. The van der Waals surface area contributed by atoms with Gasteiger partial charge in [-0.25, -0.2) is 0 Å². The topological polar surface area (TPSA) is 39.8 Å². The first kappa shape index (κ1) is 5.50. The minimum atomic E-state index is 0.704. The minimum Gasteiger partial charge on any atom is -0.700 e. The molecule has 8 heavy (non-hydrogen) atoms. The predicted octanol–water partition coefficient (Wildman–Crippen LogP) is 0.393. The molecule has 0 radical (unpaired) electrons. The molecule has 0 saturated heterocycles. The van der Waals surface area contributed by atoms with Gasteiger partial charge in [0.2, 0.25) is 5.69 Å². The van der Waals surface area contributed by atoms with Crippen LogP contribution in [0.4, 0.5) is 0 Å². The van der Waals surface area contributed by atoms with Gasteiger partial charge in [0, 0.05) is 18.2 Å². The van der Waals surface area contributed by atoms with Gasteiger partial charge in [0.15, 0.2) is 5.69 Å². The number of nitrogens with zero attached hydrogens (tertiary/aromatic N) is 2. The van der Waals surface area contributed by atoms with E-state index >= 15 is 0 Å². The van der Waals surface area contributed by atoms with Gasteiger partial charge >= 0.3 is 0 Å². The van der Waals surface area contributed by atoms with Gasteiger partial charge in [-0.3, -0.25) is 0 Å². The van der Waals surface area contributed by atoms with E-state index in [1.165, 1.54) is 0 Å². The molecule has 3 nitrogen and oxygen atoms in total. The summed E-state index contributed by atoms with van der Waals surface area (Å²) in [6, 6.07) is 0. The third kappa shape index (κ3) is 0.667. The minimum absolute atomic E-state index is 0.704. The van der Waals surface area contributed by atoms with Crippen LogP contribution in [0.2, 0.25) is 0 Å². The number of aromatic nitrogens is 2. The van der Waals surface area contributed by atoms with Crippen LogP contribution >= 0.6 is 11.7 Å². The number of hydrogen-bond donors (Lipinski definition) is 0. The average molecular weight is 130 g/mol. The zero-order valence-electron chi connectivity index (χ0n) is 4.71. The highest BCUT2D eigenvalue weighted by atomic mass is 32.1. The fourth-order valence-electron chi connectivity index (χ4n) is 0.358. The molecule has 0 spiro atoms. The second-order valence-corrected chi connectivity index (χ2v) is 2.28. The quantitative estimate of drug-likeness (QED) is 0.376. The Labute approximate surface area is 51.5 Å². The Balaban J connectivity index is 3.19. The van der Waals surface area contributed by atoms with Crippen molar-refractivity contribution in [3.8, 4) is 0 Å². The molecule has 0 aliphatic heterocycles. The predicted molar refractivity (Wildman–Crippen MR) is 30.5 cm³/mol. The van der Waals surface area contributed by atoms with Crippen molar-refractivity contribution in [2.75, 3.05) is 0 Å². The first-order valence-corrected chi connectivity index (χ1v) is 2.98. The lowest BCUT2D eigenvalue weighted by molar-refractivity contribution is -0.538. The molecule has 0 aliphatic rings. The number of aryl methyl sites for hydroxylation is 1. The highest BCUT2D eigenvalue weighted by Crippen LogP contribution is 1.96. The van der Waals surface area contributed by atoms with Gasteiger partial charge in [-0.15, -0.1) is 0 Å². The average Bonchev–Trinajstić information content (AvgIpc) is 1.98. The summed E-state index contributed by atoms with van der Waals surface area (Å²) in [6.45, 7) is 3.58. The summed E-state index contributed by atoms with van der Waals surface area (Å²) in [5, 5.41) is 10.5. The van der Waals surface area contributed by atoms with E-state index in [2.05, 4.69) is 4.37 Å². The Hall–Kier alpha value is -0.640. The molecule has 0 unspecified atom stereocenters. The maximum absolute atomic E-state index is 10.5. The molecular formula is C4H6N2OS. The molecule has 0 amide bonds. The van der Waals surface area contributed by atoms with Crippen LogP contribution < -0.4 is 4.12 Å². The monoisotopic (exact) mass is 130 g/mol. The Bertz CT molecular complexity index is 176. The van der Waals surface area contributed by atoms with E-state index in [9.17, 15) is 5.21 Å². The van der Waals surface area contributed by atoms with Gasteiger partial charge in [-0.1, -0.05) is 0 Å². The van der Waals surface area contributed by atoms with Gasteiger partial charge in [-0.05, 0) is 0 Å². The van der Waals surface area contributed by atoms with Crippen LogP contribution in [-0.4, -0.2) is 4.37 Å². The Morgan fingerprint density at radius 3 is 2.38 bits per heavy atom. The summed E-state index contributed by atoms with van der Waals surface area (Å²) >= 11 is 0.942. The van der Waals surface area contributed by atoms with Crippen molar-refractivity contribution in [3.63, 3.8) is 0 Å². The molecule has 0 N–H and O–H groups in total. The van der Waals surface area contributed by atoms with Crippen LogP contribution in [0.15, 0.2) is 0 Å². The fraction of sp³-hybridized carbons (Fsp3) is 0.500. The molecule has 0 fully saturated rings. The molecule has 1 aromatic heterocycles. The zero-order chi connectivity index (χ0) is 6.15. The van der Waals surface area contributed by atoms with E-state index in [0.717, 1.165) is 21.5 Å². The van der Waals surface area contributed by atoms with Crippen LogP contribution in [0.5, 0.6) is 0 Å². The number of rotatable bonds is 0. The molecule has 44 valence electrons. The molecular weight excluding hydrogens is 124 g/mol. The van der Waals surface area contributed by atoms with E-state index in [4.69, 9.17) is 0 Å². The standard InChI is InChI=1S/C4H6N2OS/c1-3-4(2)6(7)8-5-3/h1-2H3. The van der Waals surface area contributed by atoms with E-state index in [0.29, 0.717) is 5.69 Å². The van der Waals surface area contributed by atoms with Crippen LogP contribution in [0, 0.1) is 19.1 Å². The lowest BCUT2D eigenvalue weighted by Gasteiger charge is -1.90. The summed E-state index contributed by atoms with van der Waals surface area (Å²) in [6.07, 6.45) is 0. The van der Waals surface area contributed by atoms with Crippen LogP contribution in [-0.2, 0) is 0 Å². The summed E-state index contributed by atoms with van der Waals surface area (Å²) in [5.41, 5.74) is 1.53. The highest BCUT2D eigenvalue weighted by molar-refractivity contribution is 6.94. The van der Waals surface area contributed by atoms with E-state index in [-0.39, 0.29) is 0 Å². The molecule has 4 heteroatoms. The molecule has 1 heterocycles. The number of hydrogen-bond acceptors (Lipinski definition) is 3. The second-order valence-electron chi connectivity index (χ2n) is 1.60. The van der Waals surface area contributed by atoms with Crippen molar-refractivity contribution in [1.29, 1.82) is 0 Å². The molecule has 0 saturated carbocycles. The molecule has 0 bridgehead atoms. The van der Waals surface area contributed by atoms with Crippen molar-refractivity contribution in [1.82, 2.24) is 4.37 Å². The third-order valence-corrected chi connectivity index (χ3v) is 1.83. The SMILES string of the molecule is Cc1ns[n+]([O-])c1C. The highest BCUT2D eigenvalue weighted by Gasteiger charge is 2.05. The van der Waals surface area contributed by atoms with Gasteiger partial charge in [0.1, 0.15) is 0 Å². The van der Waals surface area contributed by atoms with Crippen molar-refractivity contribution in [3.05, 3.63) is 16.6 Å². The van der Waals surface area contributed by atoms with Crippen molar-refractivity contribution in [2.24, 2.45) is 0 Å². The van der Waals surface area contributed by atoms with Gasteiger partial charge < -0.3 is 5.21 Å². The van der Waals surface area contributed by atoms with Gasteiger partial charge in [-0.2, -0.15) is 4.12 Å². The lowest BCUT2D eigenvalue weighted by Crippen LogP contribution is -2.22. The summed E-state index contributed by atoms with van der Waals surface area (Å²) < 4.78 is 4.61. The molecule has 1 rings (SSSR count). The summed E-state index contributed by atoms with van der Waals surface area (Å²) in [7, 11) is 0. The largest absolute Gasteiger partial charge is 0.700 e. The van der Waals surface area contributed by atoms with Crippen molar-refractivity contribution in [2.45, 2.75) is 13.8 Å². The lowest BCUT2D eigenvalue weighted by atomic mass is 10.4. The molecule has 1 aromatic rings. The van der Waals surface area contributed by atoms with Crippen LogP contribution in [0.1, 0.15) is 11.4 Å². The molecule has 0 atom stereocenters. The van der Waals surface area contributed by atoms with E-state index in [1.807, 2.05) is 6.92 Å². The normalized spacial score (nSPS) is 9.75. The Kier molecular flexibility index (Phi) is 1.17. The van der Waals surface area contributed by atoms with E-state index in [1.54, 1.807) is 6.92 Å². The smallest absolute Gasteiger partial charge is 0.281 e. The van der Waals surface area contributed by atoms with Crippen LogP contribution in [0.3, 0.4) is 0 Å². The maximum atomic E-state index is 10.5. The zero-order valence-corrected chi connectivity index (χ0v) is 5.53. The molecule has 0 aromatic carbocycles. The fourth-order valence-corrected chi connectivity index (χ4v) is 0.941. The van der Waals surface area contributed by atoms with Crippen molar-refractivity contribution >= 4 is 11.7 Å². The summed E-state index contributed by atoms with van der Waals surface area (Å²) in [4.78, 5) is 0. The van der Waals surface area contributed by atoms with Gasteiger partial charge in [0.25, 0.3) is 11.7 Å². The third-order valence-electron chi connectivity index (χ3n) is 1.05. The first-order chi connectivity index (χ1) is 3.72. The van der Waals surface area contributed by atoms with E-state index < -0.39 is 0 Å². The maximum Gasteiger partial charge on any atom is 0.281 e. The van der Waals surface area contributed by atoms with Crippen molar-refractivity contribution < 1.29 is 4.12 Å². The Morgan fingerprint density at radius 2 is 2.25 bits per heavy atom. The van der Waals surface area contributed by atoms with Crippen LogP contribution in [0.25, 0.3) is 0 Å². The van der Waals surface area contributed by atoms with Gasteiger partial charge in [0.05, 0.1) is 0 Å². The Morgan fingerprint density at radius 1 is 1.62 bits per heavy atom. The first-order valence-electron chi connectivity index (χ1n) is 2.24. The molecule has 0 aliphatic carbocycles. The summed E-state index contributed by atoms with van der Waals surface area (Å²) in [5.74, 6) is 0.